The second-order valence-corrected chi connectivity index (χ2v) is 1.66. The standard InChI is InChI=1S/C7H9.2FH.Hf/c1-2-7-5-3-4-6-7;;;/h3,5H,2,4H2,1H3;2*1H;/q-1;;;. The smallest absolute Gasteiger partial charge is 0 e. The fraction of sp³-hybridized carbons (Fsp3) is 0.429. The second kappa shape index (κ2) is 9.21. The maximum Gasteiger partial charge on any atom is 0 e. The van der Waals surface area contributed by atoms with Crippen LogP contribution in [0.5, 0.6) is 0 Å². The molecule has 0 radical (unpaired) electrons. The first-order valence-electron chi connectivity index (χ1n) is 2.69. The van der Waals surface area contributed by atoms with Crippen molar-refractivity contribution in [1.82, 2.24) is 0 Å². The monoisotopic (exact) mass is 313 g/mol. The van der Waals surface area contributed by atoms with Gasteiger partial charge < -0.3 is 0 Å². The summed E-state index contributed by atoms with van der Waals surface area (Å²) in [5.41, 5.74) is 1.36. The van der Waals surface area contributed by atoms with Gasteiger partial charge in [0.1, 0.15) is 0 Å². The quantitative estimate of drug-likeness (QED) is 0.515. The molecule has 0 spiro atoms. The van der Waals surface area contributed by atoms with Crippen molar-refractivity contribution < 1.29 is 35.3 Å². The molecule has 0 aromatic carbocycles. The molecule has 10 heavy (non-hydrogen) atoms. The summed E-state index contributed by atoms with van der Waals surface area (Å²) in [7, 11) is 0. The third kappa shape index (κ3) is 5.03. The molecule has 0 saturated carbocycles. The number of hydrogen-bond donors (Lipinski definition) is 0. The number of allylic oxidation sites excluding steroid dienone is 4. The van der Waals surface area contributed by atoms with Gasteiger partial charge >= 0.3 is 0 Å². The van der Waals surface area contributed by atoms with Crippen LogP contribution in [0.3, 0.4) is 0 Å². The third-order valence-electron chi connectivity index (χ3n) is 1.15. The summed E-state index contributed by atoms with van der Waals surface area (Å²) in [6, 6.07) is 0. The van der Waals surface area contributed by atoms with Gasteiger partial charge in [-0.3, -0.25) is 15.5 Å². The summed E-state index contributed by atoms with van der Waals surface area (Å²) in [6.45, 7) is 2.15. The van der Waals surface area contributed by atoms with Crippen molar-refractivity contribution in [2.75, 3.05) is 0 Å². The molecule has 58 valence electrons. The maximum atomic E-state index is 3.21. The van der Waals surface area contributed by atoms with Crippen molar-refractivity contribution in [1.29, 1.82) is 0 Å². The van der Waals surface area contributed by atoms with Gasteiger partial charge in [-0.05, 0) is 0 Å². The van der Waals surface area contributed by atoms with Gasteiger partial charge in [-0.25, -0.2) is 11.6 Å². The second-order valence-electron chi connectivity index (χ2n) is 1.66. The van der Waals surface area contributed by atoms with Gasteiger partial charge in [0.25, 0.3) is 0 Å². The summed E-state index contributed by atoms with van der Waals surface area (Å²) in [4.78, 5) is 0. The van der Waals surface area contributed by atoms with E-state index < -0.39 is 0 Å². The average molecular weight is 312 g/mol. The van der Waals surface area contributed by atoms with Crippen LogP contribution in [-0.4, -0.2) is 0 Å². The molecule has 0 unspecified atom stereocenters. The molecule has 0 aliphatic heterocycles. The molecule has 1 aliphatic rings. The van der Waals surface area contributed by atoms with E-state index in [0.29, 0.717) is 0 Å². The van der Waals surface area contributed by atoms with Crippen LogP contribution in [-0.2, 0) is 25.8 Å². The van der Waals surface area contributed by atoms with Gasteiger partial charge in [0.15, 0.2) is 0 Å². The molecular formula is C7H11F2Hf-. The van der Waals surface area contributed by atoms with Crippen molar-refractivity contribution in [3.8, 4) is 0 Å². The Balaban J connectivity index is -0.000000163. The Bertz CT molecular complexity index is 119. The first-order chi connectivity index (χ1) is 3.43. The molecular weight excluding hydrogens is 301 g/mol. The molecule has 0 bridgehead atoms. The Morgan fingerprint density at radius 3 is 2.30 bits per heavy atom. The summed E-state index contributed by atoms with van der Waals surface area (Å²) in [5, 5.41) is 0. The molecule has 0 nitrogen and oxygen atoms in total. The Morgan fingerprint density at radius 2 is 2.10 bits per heavy atom. The van der Waals surface area contributed by atoms with Crippen molar-refractivity contribution in [3.63, 3.8) is 0 Å². The Kier molecular flexibility index (Phi) is 15.3. The molecule has 0 N–H and O–H groups in total. The van der Waals surface area contributed by atoms with Crippen molar-refractivity contribution in [2.45, 2.75) is 19.8 Å². The van der Waals surface area contributed by atoms with Crippen molar-refractivity contribution in [2.24, 2.45) is 0 Å². The van der Waals surface area contributed by atoms with Gasteiger partial charge in [0.2, 0.25) is 0 Å². The van der Waals surface area contributed by atoms with E-state index >= 15 is 0 Å². The summed E-state index contributed by atoms with van der Waals surface area (Å²) < 4.78 is 0. The van der Waals surface area contributed by atoms with Gasteiger partial charge in [-0.1, -0.05) is 13.3 Å². The van der Waals surface area contributed by atoms with E-state index in [1.807, 2.05) is 0 Å². The van der Waals surface area contributed by atoms with E-state index in [0.717, 1.165) is 12.8 Å². The van der Waals surface area contributed by atoms with Gasteiger partial charge in [-0.2, -0.15) is 6.08 Å². The zero-order valence-corrected chi connectivity index (χ0v) is 9.48. The van der Waals surface area contributed by atoms with Crippen LogP contribution in [0.4, 0.5) is 9.41 Å². The molecule has 0 aromatic rings. The van der Waals surface area contributed by atoms with Gasteiger partial charge in [-0.15, -0.1) is 6.42 Å². The number of halogens is 2. The van der Waals surface area contributed by atoms with E-state index in [1.54, 1.807) is 0 Å². The summed E-state index contributed by atoms with van der Waals surface area (Å²) >= 11 is 0. The number of hydrogen-bond acceptors (Lipinski definition) is 0. The molecule has 0 heterocycles. The Hall–Kier alpha value is 0.210. The normalized spacial score (nSPS) is 12.3. The Labute approximate surface area is 78.9 Å². The van der Waals surface area contributed by atoms with Gasteiger partial charge in [0.05, 0.1) is 0 Å². The van der Waals surface area contributed by atoms with Crippen LogP contribution in [0.15, 0.2) is 17.7 Å². The minimum absolute atomic E-state index is 0. The molecule has 0 aromatic heterocycles. The van der Waals surface area contributed by atoms with Crippen molar-refractivity contribution >= 4 is 0 Å². The summed E-state index contributed by atoms with van der Waals surface area (Å²) in [6.07, 6.45) is 9.65. The molecule has 0 atom stereocenters. The summed E-state index contributed by atoms with van der Waals surface area (Å²) in [5.74, 6) is 0. The molecule has 0 saturated heterocycles. The van der Waals surface area contributed by atoms with Crippen LogP contribution in [0.2, 0.25) is 0 Å². The fourth-order valence-corrected chi connectivity index (χ4v) is 0.693. The first kappa shape index (κ1) is 16.7. The molecule has 0 fully saturated rings. The van der Waals surface area contributed by atoms with Crippen molar-refractivity contribution in [3.05, 3.63) is 23.8 Å². The van der Waals surface area contributed by atoms with E-state index in [-0.39, 0.29) is 35.3 Å². The predicted molar refractivity (Wildman–Crippen MR) is 35.8 cm³/mol. The Morgan fingerprint density at radius 1 is 1.50 bits per heavy atom. The minimum Gasteiger partial charge on any atom is -0.270 e. The zero-order chi connectivity index (χ0) is 5.11. The first-order valence-corrected chi connectivity index (χ1v) is 2.69. The van der Waals surface area contributed by atoms with E-state index in [1.165, 1.54) is 5.57 Å². The fourth-order valence-electron chi connectivity index (χ4n) is 0.693. The zero-order valence-electron chi connectivity index (χ0n) is 5.89. The van der Waals surface area contributed by atoms with Gasteiger partial charge in [0, 0.05) is 25.8 Å². The van der Waals surface area contributed by atoms with Crippen LogP contribution in [0, 0.1) is 6.08 Å². The van der Waals surface area contributed by atoms with E-state index in [2.05, 4.69) is 25.2 Å². The topological polar surface area (TPSA) is 0 Å². The van der Waals surface area contributed by atoms with E-state index in [9.17, 15) is 0 Å². The van der Waals surface area contributed by atoms with Crippen LogP contribution >= 0.6 is 0 Å². The van der Waals surface area contributed by atoms with Crippen LogP contribution in [0.25, 0.3) is 0 Å². The molecule has 1 aliphatic carbocycles. The average Bonchev–Trinajstić information content (AvgIpc) is 2.14. The van der Waals surface area contributed by atoms with Crippen LogP contribution in [0.1, 0.15) is 19.8 Å². The molecule has 1 rings (SSSR count). The largest absolute Gasteiger partial charge is 0.270 e. The SMILES string of the molecule is CCC1=[C-]CC=C1.F.F.[Hf]. The minimum atomic E-state index is 0. The van der Waals surface area contributed by atoms with E-state index in [4.69, 9.17) is 0 Å². The predicted octanol–water partition coefficient (Wildman–Crippen LogP) is 2.39. The van der Waals surface area contributed by atoms with Crippen LogP contribution < -0.4 is 0 Å². The molecule has 3 heteroatoms. The third-order valence-corrected chi connectivity index (χ3v) is 1.15. The maximum absolute atomic E-state index is 3.21. The molecule has 0 amide bonds. The number of rotatable bonds is 1.